The van der Waals surface area contributed by atoms with Gasteiger partial charge in [0.05, 0.1) is 6.54 Å². The lowest BCUT2D eigenvalue weighted by Gasteiger charge is -2.23. The van der Waals surface area contributed by atoms with Gasteiger partial charge < -0.3 is 16.0 Å². The van der Waals surface area contributed by atoms with E-state index in [4.69, 9.17) is 18.0 Å². The number of nitrogen functional groups attached to an aromatic ring is 1. The van der Waals surface area contributed by atoms with Crippen LogP contribution >= 0.6 is 12.2 Å². The van der Waals surface area contributed by atoms with E-state index >= 15 is 0 Å². The maximum Gasteiger partial charge on any atom is 0.330 e. The Balaban J connectivity index is 1.83. The van der Waals surface area contributed by atoms with Crippen LogP contribution in [0.2, 0.25) is 0 Å². The molecular weight excluding hydrogens is 393 g/mol. The number of benzene rings is 2. The van der Waals surface area contributed by atoms with Gasteiger partial charge >= 0.3 is 5.69 Å². The zero-order chi connectivity index (χ0) is 21.0. The van der Waals surface area contributed by atoms with E-state index in [1.54, 1.807) is 19.2 Å². The van der Waals surface area contributed by atoms with Crippen molar-refractivity contribution in [1.82, 2.24) is 14.9 Å². The number of anilines is 2. The quantitative estimate of drug-likeness (QED) is 0.552. The maximum atomic E-state index is 13.0. The summed E-state index contributed by atoms with van der Waals surface area (Å²) in [6, 6.07) is 15.3. The number of halogens is 1. The Hall–Kier alpha value is -3.46. The number of nitrogens with two attached hydrogens (primary N) is 1. The molecule has 0 aliphatic rings. The van der Waals surface area contributed by atoms with Crippen LogP contribution in [-0.2, 0) is 13.1 Å². The van der Waals surface area contributed by atoms with Crippen molar-refractivity contribution in [2.75, 3.05) is 17.7 Å². The van der Waals surface area contributed by atoms with Gasteiger partial charge in [-0.05, 0) is 35.5 Å². The largest absolute Gasteiger partial charge is 0.383 e. The van der Waals surface area contributed by atoms with Crippen molar-refractivity contribution in [2.45, 2.75) is 13.1 Å². The molecule has 3 aromatic rings. The predicted octanol–water partition coefficient (Wildman–Crippen LogP) is 1.82. The normalized spacial score (nSPS) is 10.6. The van der Waals surface area contributed by atoms with Gasteiger partial charge in [0.25, 0.3) is 5.56 Å². The van der Waals surface area contributed by atoms with E-state index in [9.17, 15) is 14.0 Å². The Morgan fingerprint density at radius 1 is 1.14 bits per heavy atom. The van der Waals surface area contributed by atoms with Gasteiger partial charge in [-0.2, -0.15) is 0 Å². The standard InChI is InChI=1S/C20H20FN5O2S/c1-25(20(29)23-11-13-7-9-15(21)10-8-13)16-17(22)26(19(28)24-18(16)27)12-14-5-3-2-4-6-14/h2-10H,11-12,22H2,1H3,(H,23,29)(H,24,27,28). The Labute approximate surface area is 171 Å². The summed E-state index contributed by atoms with van der Waals surface area (Å²) in [6.07, 6.45) is 0. The Bertz CT molecular complexity index is 1130. The third-order valence-corrected chi connectivity index (χ3v) is 4.81. The molecule has 0 unspecified atom stereocenters. The number of nitrogens with zero attached hydrogens (tertiary/aromatic N) is 2. The summed E-state index contributed by atoms with van der Waals surface area (Å²) >= 11 is 5.35. The van der Waals surface area contributed by atoms with Crippen LogP contribution < -0.4 is 27.2 Å². The summed E-state index contributed by atoms with van der Waals surface area (Å²) in [4.78, 5) is 28.4. The highest BCUT2D eigenvalue weighted by Crippen LogP contribution is 2.16. The first-order chi connectivity index (χ1) is 13.9. The number of nitrogens with one attached hydrogen (secondary N) is 2. The molecule has 7 nitrogen and oxygen atoms in total. The minimum Gasteiger partial charge on any atom is -0.383 e. The lowest BCUT2D eigenvalue weighted by Crippen LogP contribution is -2.43. The smallest absolute Gasteiger partial charge is 0.330 e. The number of hydrogen-bond acceptors (Lipinski definition) is 4. The van der Waals surface area contributed by atoms with E-state index in [0.29, 0.717) is 6.54 Å². The highest BCUT2D eigenvalue weighted by molar-refractivity contribution is 7.80. The molecule has 0 saturated heterocycles. The van der Waals surface area contributed by atoms with Gasteiger partial charge in [0.2, 0.25) is 0 Å². The SMILES string of the molecule is CN(C(=S)NCc1ccc(F)cc1)c1c(N)n(Cc2ccccc2)c(=O)[nH]c1=O. The minimum absolute atomic E-state index is 0.0102. The molecule has 0 saturated carbocycles. The zero-order valence-corrected chi connectivity index (χ0v) is 16.5. The minimum atomic E-state index is -0.634. The van der Waals surface area contributed by atoms with Gasteiger partial charge in [0.15, 0.2) is 5.11 Å². The van der Waals surface area contributed by atoms with E-state index in [1.807, 2.05) is 30.3 Å². The molecule has 1 heterocycles. The number of aromatic amines is 1. The molecule has 150 valence electrons. The molecule has 0 amide bonds. The van der Waals surface area contributed by atoms with Crippen LogP contribution in [0.3, 0.4) is 0 Å². The van der Waals surface area contributed by atoms with Gasteiger partial charge in [0.1, 0.15) is 17.3 Å². The molecule has 4 N–H and O–H groups in total. The Morgan fingerprint density at radius 2 is 1.79 bits per heavy atom. The van der Waals surface area contributed by atoms with Gasteiger partial charge in [-0.3, -0.25) is 14.3 Å². The van der Waals surface area contributed by atoms with Gasteiger partial charge in [-0.15, -0.1) is 0 Å². The molecule has 2 aromatic carbocycles. The summed E-state index contributed by atoms with van der Waals surface area (Å²) in [7, 11) is 1.58. The fourth-order valence-electron chi connectivity index (χ4n) is 2.82. The van der Waals surface area contributed by atoms with Crippen LogP contribution in [0.15, 0.2) is 64.2 Å². The van der Waals surface area contributed by atoms with Crippen LogP contribution in [0, 0.1) is 5.82 Å². The Kier molecular flexibility index (Phi) is 6.08. The molecule has 3 rings (SSSR count). The number of rotatable bonds is 5. The number of aromatic nitrogens is 2. The highest BCUT2D eigenvalue weighted by atomic mass is 32.1. The van der Waals surface area contributed by atoms with Crippen LogP contribution in [0.1, 0.15) is 11.1 Å². The summed E-state index contributed by atoms with van der Waals surface area (Å²) in [5, 5.41) is 3.23. The number of H-pyrrole nitrogens is 1. The summed E-state index contributed by atoms with van der Waals surface area (Å²) in [5.41, 5.74) is 6.68. The van der Waals surface area contributed by atoms with E-state index in [0.717, 1.165) is 11.1 Å². The molecule has 0 fully saturated rings. The summed E-state index contributed by atoms with van der Waals surface area (Å²) in [6.45, 7) is 0.545. The number of thiocarbonyl (C=S) groups is 1. The van der Waals surface area contributed by atoms with Crippen molar-refractivity contribution in [3.05, 3.63) is 92.4 Å². The highest BCUT2D eigenvalue weighted by Gasteiger charge is 2.19. The first-order valence-corrected chi connectivity index (χ1v) is 9.20. The second kappa shape index (κ2) is 8.70. The van der Waals surface area contributed by atoms with Crippen molar-refractivity contribution in [3.8, 4) is 0 Å². The lowest BCUT2D eigenvalue weighted by atomic mass is 10.2. The van der Waals surface area contributed by atoms with Crippen molar-refractivity contribution >= 4 is 28.8 Å². The van der Waals surface area contributed by atoms with Crippen LogP contribution in [0.4, 0.5) is 15.9 Å². The molecule has 1 aromatic heterocycles. The third kappa shape index (κ3) is 4.69. The molecule has 0 bridgehead atoms. The summed E-state index contributed by atoms with van der Waals surface area (Å²) < 4.78 is 14.3. The molecule has 0 radical (unpaired) electrons. The molecule has 9 heteroatoms. The number of hydrogen-bond donors (Lipinski definition) is 3. The fraction of sp³-hybridized carbons (Fsp3) is 0.150. The average molecular weight is 413 g/mol. The van der Waals surface area contributed by atoms with Gasteiger partial charge in [-0.1, -0.05) is 42.5 Å². The van der Waals surface area contributed by atoms with Crippen molar-refractivity contribution in [3.63, 3.8) is 0 Å². The second-order valence-electron chi connectivity index (χ2n) is 6.41. The summed E-state index contributed by atoms with van der Waals surface area (Å²) in [5.74, 6) is -0.315. The first-order valence-electron chi connectivity index (χ1n) is 8.79. The van der Waals surface area contributed by atoms with E-state index in [-0.39, 0.29) is 29.0 Å². The van der Waals surface area contributed by atoms with Crippen molar-refractivity contribution in [2.24, 2.45) is 0 Å². The maximum absolute atomic E-state index is 13.0. The lowest BCUT2D eigenvalue weighted by molar-refractivity contribution is 0.626. The molecule has 0 atom stereocenters. The fourth-order valence-corrected chi connectivity index (χ4v) is 2.99. The molecular formula is C20H20FN5O2S. The second-order valence-corrected chi connectivity index (χ2v) is 6.80. The van der Waals surface area contributed by atoms with Crippen molar-refractivity contribution < 1.29 is 4.39 Å². The zero-order valence-electron chi connectivity index (χ0n) is 15.7. The van der Waals surface area contributed by atoms with Crippen LogP contribution in [0.25, 0.3) is 0 Å². The predicted molar refractivity (Wildman–Crippen MR) is 116 cm³/mol. The van der Waals surface area contributed by atoms with E-state index < -0.39 is 11.2 Å². The van der Waals surface area contributed by atoms with E-state index in [1.165, 1.54) is 21.6 Å². The van der Waals surface area contributed by atoms with Crippen LogP contribution in [-0.4, -0.2) is 21.7 Å². The Morgan fingerprint density at radius 3 is 2.45 bits per heavy atom. The topological polar surface area (TPSA) is 96.2 Å². The van der Waals surface area contributed by atoms with Gasteiger partial charge in [0, 0.05) is 13.6 Å². The van der Waals surface area contributed by atoms with Gasteiger partial charge in [-0.25, -0.2) is 9.18 Å². The van der Waals surface area contributed by atoms with Crippen LogP contribution in [0.5, 0.6) is 0 Å². The third-order valence-electron chi connectivity index (χ3n) is 4.39. The first kappa shape index (κ1) is 20.3. The molecule has 0 aliphatic heterocycles. The van der Waals surface area contributed by atoms with Crippen molar-refractivity contribution in [1.29, 1.82) is 0 Å². The molecule has 0 spiro atoms. The average Bonchev–Trinajstić information content (AvgIpc) is 2.71. The molecule has 0 aliphatic carbocycles. The molecule has 29 heavy (non-hydrogen) atoms. The monoisotopic (exact) mass is 413 g/mol. The van der Waals surface area contributed by atoms with E-state index in [2.05, 4.69) is 10.3 Å².